The average Bonchev–Trinajstić information content (AvgIpc) is 2.91. The molecule has 1 rings (SSSR count). The first kappa shape index (κ1) is 16.7. The van der Waals surface area contributed by atoms with Crippen LogP contribution in [-0.2, 0) is 11.3 Å². The molecule has 1 atom stereocenters. The van der Waals surface area contributed by atoms with Gasteiger partial charge in [-0.15, -0.1) is 11.3 Å². The number of thiophene rings is 1. The van der Waals surface area contributed by atoms with Crippen LogP contribution in [-0.4, -0.2) is 12.5 Å². The molecule has 1 heterocycles. The van der Waals surface area contributed by atoms with Crippen LogP contribution in [0.5, 0.6) is 0 Å². The Morgan fingerprint density at radius 2 is 2.30 bits per heavy atom. The molecule has 1 amide bonds. The highest BCUT2D eigenvalue weighted by Crippen LogP contribution is 2.17. The van der Waals surface area contributed by atoms with Crippen LogP contribution < -0.4 is 11.1 Å². The number of nitrogens with two attached hydrogens (primary N) is 1. The van der Waals surface area contributed by atoms with Crippen LogP contribution in [0.3, 0.4) is 0 Å². The third kappa shape index (κ3) is 5.36. The van der Waals surface area contributed by atoms with E-state index in [-0.39, 0.29) is 11.8 Å². The number of carbonyl (C=O) groups excluding carboxylic acids is 1. The Morgan fingerprint density at radius 3 is 2.95 bits per heavy atom. The summed E-state index contributed by atoms with van der Waals surface area (Å²) in [7, 11) is 0. The molecule has 4 heteroatoms. The molecule has 0 aromatic carbocycles. The van der Waals surface area contributed by atoms with Crippen molar-refractivity contribution in [3.05, 3.63) is 21.9 Å². The van der Waals surface area contributed by atoms with Crippen LogP contribution >= 0.6 is 11.3 Å². The van der Waals surface area contributed by atoms with Gasteiger partial charge < -0.3 is 11.1 Å². The third-order valence-corrected chi connectivity index (χ3v) is 4.18. The third-order valence-electron chi connectivity index (χ3n) is 3.26. The number of unbranched alkanes of at least 4 members (excludes halogenated alkanes) is 1. The lowest BCUT2D eigenvalue weighted by Crippen LogP contribution is -2.29. The maximum Gasteiger partial charge on any atom is 0.223 e. The van der Waals surface area contributed by atoms with Gasteiger partial charge in [0.1, 0.15) is 0 Å². The van der Waals surface area contributed by atoms with E-state index in [1.807, 2.05) is 11.4 Å². The minimum absolute atomic E-state index is 0.133. The molecule has 0 aliphatic carbocycles. The summed E-state index contributed by atoms with van der Waals surface area (Å²) in [6, 6.07) is 1.98. The molecule has 0 spiro atoms. The molecule has 1 aromatic heterocycles. The van der Waals surface area contributed by atoms with Crippen molar-refractivity contribution in [2.45, 2.75) is 46.1 Å². The second-order valence-corrected chi connectivity index (χ2v) is 5.73. The number of amides is 1. The van der Waals surface area contributed by atoms with Crippen molar-refractivity contribution < 1.29 is 4.79 Å². The topological polar surface area (TPSA) is 55.1 Å². The zero-order valence-electron chi connectivity index (χ0n) is 12.4. The van der Waals surface area contributed by atoms with Gasteiger partial charge in [0, 0.05) is 16.4 Å². The number of nitrogens with one attached hydrogen (secondary N) is 1. The molecule has 0 aliphatic heterocycles. The van der Waals surface area contributed by atoms with Gasteiger partial charge >= 0.3 is 0 Å². The summed E-state index contributed by atoms with van der Waals surface area (Å²) in [5.41, 5.74) is 6.36. The average molecular weight is 292 g/mol. The summed E-state index contributed by atoms with van der Waals surface area (Å²) in [5, 5.41) is 5.03. The Morgan fingerprint density at radius 1 is 1.50 bits per heavy atom. The van der Waals surface area contributed by atoms with Gasteiger partial charge in [0.2, 0.25) is 5.91 Å². The Hall–Kier alpha value is -1.31. The van der Waals surface area contributed by atoms with Crippen molar-refractivity contribution in [3.63, 3.8) is 0 Å². The number of rotatable bonds is 7. The highest BCUT2D eigenvalue weighted by Gasteiger charge is 2.15. The molecular formula is C16H24N2OS. The monoisotopic (exact) mass is 292 g/mol. The van der Waals surface area contributed by atoms with Crippen LogP contribution in [0, 0.1) is 17.8 Å². The fraction of sp³-hybridized carbons (Fsp3) is 0.562. The maximum atomic E-state index is 12.1. The van der Waals surface area contributed by atoms with Gasteiger partial charge in [0.25, 0.3) is 0 Å². The normalized spacial score (nSPS) is 11.6. The first-order chi connectivity index (χ1) is 9.72. The number of carbonyl (C=O) groups is 1. The van der Waals surface area contributed by atoms with Gasteiger partial charge in [-0.3, -0.25) is 4.79 Å². The Labute approximate surface area is 126 Å². The van der Waals surface area contributed by atoms with Crippen molar-refractivity contribution in [2.24, 2.45) is 11.7 Å². The van der Waals surface area contributed by atoms with E-state index in [0.717, 1.165) is 36.1 Å². The molecule has 1 aromatic rings. The lowest BCUT2D eigenvalue weighted by Gasteiger charge is -2.14. The summed E-state index contributed by atoms with van der Waals surface area (Å²) >= 11 is 1.62. The second-order valence-electron chi connectivity index (χ2n) is 4.73. The van der Waals surface area contributed by atoms with Gasteiger partial charge in [-0.1, -0.05) is 38.5 Å². The van der Waals surface area contributed by atoms with Crippen LogP contribution in [0.4, 0.5) is 0 Å². The van der Waals surface area contributed by atoms with Gasteiger partial charge in [-0.05, 0) is 24.3 Å². The molecule has 0 saturated heterocycles. The Balaban J connectivity index is 2.53. The zero-order chi connectivity index (χ0) is 14.8. The zero-order valence-corrected chi connectivity index (χ0v) is 13.2. The SMILES string of the molecule is CCCCC(CC)C(=O)NCc1sccc1C#CCN. The Bertz CT molecular complexity index is 470. The lowest BCUT2D eigenvalue weighted by atomic mass is 9.98. The van der Waals surface area contributed by atoms with E-state index < -0.39 is 0 Å². The van der Waals surface area contributed by atoms with Gasteiger partial charge in [-0.25, -0.2) is 0 Å². The van der Waals surface area contributed by atoms with Crippen LogP contribution in [0.15, 0.2) is 11.4 Å². The highest BCUT2D eigenvalue weighted by atomic mass is 32.1. The van der Waals surface area contributed by atoms with Crippen molar-refractivity contribution >= 4 is 17.2 Å². The quantitative estimate of drug-likeness (QED) is 0.759. The second kappa shape index (κ2) is 9.57. The summed E-state index contributed by atoms with van der Waals surface area (Å²) < 4.78 is 0. The molecule has 110 valence electrons. The van der Waals surface area contributed by atoms with Crippen molar-refractivity contribution in [3.8, 4) is 11.8 Å². The van der Waals surface area contributed by atoms with Gasteiger partial charge in [-0.2, -0.15) is 0 Å². The van der Waals surface area contributed by atoms with Crippen LogP contribution in [0.1, 0.15) is 50.0 Å². The van der Waals surface area contributed by atoms with Crippen LogP contribution in [0.25, 0.3) is 0 Å². The predicted octanol–water partition coefficient (Wildman–Crippen LogP) is 2.89. The molecule has 20 heavy (non-hydrogen) atoms. The fourth-order valence-electron chi connectivity index (χ4n) is 2.02. The predicted molar refractivity (Wildman–Crippen MR) is 85.4 cm³/mol. The first-order valence-corrected chi connectivity index (χ1v) is 8.13. The summed E-state index contributed by atoms with van der Waals surface area (Å²) in [6.45, 7) is 5.14. The van der Waals surface area contributed by atoms with Crippen molar-refractivity contribution in [1.82, 2.24) is 5.32 Å². The van der Waals surface area contributed by atoms with Gasteiger partial charge in [0.15, 0.2) is 0 Å². The lowest BCUT2D eigenvalue weighted by molar-refractivity contribution is -0.125. The fourth-order valence-corrected chi connectivity index (χ4v) is 2.79. The van der Waals surface area contributed by atoms with E-state index >= 15 is 0 Å². The molecule has 0 bridgehead atoms. The molecule has 0 aliphatic rings. The molecule has 3 N–H and O–H groups in total. The molecule has 0 fully saturated rings. The summed E-state index contributed by atoms with van der Waals surface area (Å²) in [5.74, 6) is 6.18. The summed E-state index contributed by atoms with van der Waals surface area (Å²) in [6.07, 6.45) is 4.12. The first-order valence-electron chi connectivity index (χ1n) is 7.25. The van der Waals surface area contributed by atoms with E-state index in [1.165, 1.54) is 0 Å². The van der Waals surface area contributed by atoms with Crippen LogP contribution in [0.2, 0.25) is 0 Å². The van der Waals surface area contributed by atoms with Gasteiger partial charge in [0.05, 0.1) is 13.1 Å². The van der Waals surface area contributed by atoms with Crippen molar-refractivity contribution in [1.29, 1.82) is 0 Å². The van der Waals surface area contributed by atoms with E-state index in [9.17, 15) is 4.79 Å². The van der Waals surface area contributed by atoms with E-state index in [0.29, 0.717) is 13.1 Å². The molecule has 0 saturated carbocycles. The van der Waals surface area contributed by atoms with E-state index in [4.69, 9.17) is 5.73 Å². The Kier molecular flexibility index (Phi) is 8.01. The minimum atomic E-state index is 0.133. The minimum Gasteiger partial charge on any atom is -0.351 e. The molecule has 3 nitrogen and oxygen atoms in total. The number of hydrogen-bond acceptors (Lipinski definition) is 3. The van der Waals surface area contributed by atoms with Crippen molar-refractivity contribution in [2.75, 3.05) is 6.54 Å². The number of hydrogen-bond donors (Lipinski definition) is 2. The molecule has 0 radical (unpaired) electrons. The molecule has 1 unspecified atom stereocenters. The standard InChI is InChI=1S/C16H24N2OS/c1-3-5-7-13(4-2)16(19)18-12-15-14(8-6-10-17)9-11-20-15/h9,11,13H,3-5,7,10,12,17H2,1-2H3,(H,18,19). The molecular weight excluding hydrogens is 268 g/mol. The maximum absolute atomic E-state index is 12.1. The summed E-state index contributed by atoms with van der Waals surface area (Å²) in [4.78, 5) is 13.2. The smallest absolute Gasteiger partial charge is 0.223 e. The van der Waals surface area contributed by atoms with E-state index in [2.05, 4.69) is 31.0 Å². The largest absolute Gasteiger partial charge is 0.351 e. The van der Waals surface area contributed by atoms with E-state index in [1.54, 1.807) is 11.3 Å². The highest BCUT2D eigenvalue weighted by molar-refractivity contribution is 7.10.